The highest BCUT2D eigenvalue weighted by atomic mass is 16.5. The van der Waals surface area contributed by atoms with Gasteiger partial charge in [0.05, 0.1) is 6.61 Å². The second kappa shape index (κ2) is 6.88. The Hall–Kier alpha value is -2.73. The molecule has 1 aliphatic carbocycles. The molecule has 2 amide bonds. The molecule has 2 aliphatic rings. The van der Waals surface area contributed by atoms with Gasteiger partial charge in [0.15, 0.2) is 0 Å². The van der Waals surface area contributed by atoms with Gasteiger partial charge in [0.25, 0.3) is 5.91 Å². The van der Waals surface area contributed by atoms with Gasteiger partial charge >= 0.3 is 0 Å². The lowest BCUT2D eigenvalue weighted by molar-refractivity contribution is -0.123. The zero-order chi connectivity index (χ0) is 18.0. The topological polar surface area (TPSA) is 80.3 Å². The van der Waals surface area contributed by atoms with Crippen LogP contribution < -0.4 is 10.6 Å². The third kappa shape index (κ3) is 3.46. The normalized spacial score (nSPS) is 23.6. The van der Waals surface area contributed by atoms with Gasteiger partial charge < -0.3 is 15.4 Å². The van der Waals surface area contributed by atoms with E-state index < -0.39 is 0 Å². The molecule has 2 N–H and O–H groups in total. The Kier molecular flexibility index (Phi) is 4.42. The van der Waals surface area contributed by atoms with Crippen LogP contribution in [0.4, 0.5) is 5.69 Å². The molecule has 6 nitrogen and oxygen atoms in total. The van der Waals surface area contributed by atoms with Gasteiger partial charge in [-0.05, 0) is 42.7 Å². The highest BCUT2D eigenvalue weighted by Gasteiger charge is 2.59. The van der Waals surface area contributed by atoms with Crippen molar-refractivity contribution in [1.82, 2.24) is 10.3 Å². The number of hydrogen-bond donors (Lipinski definition) is 2. The summed E-state index contributed by atoms with van der Waals surface area (Å²) in [4.78, 5) is 28.5. The number of carbonyl (C=O) groups excluding carboxylic acids is 2. The van der Waals surface area contributed by atoms with Crippen molar-refractivity contribution in [3.63, 3.8) is 0 Å². The average molecular weight is 351 g/mol. The first-order chi connectivity index (χ1) is 12.7. The van der Waals surface area contributed by atoms with Gasteiger partial charge in [-0.3, -0.25) is 14.6 Å². The van der Waals surface area contributed by atoms with Crippen LogP contribution in [0, 0.1) is 11.3 Å². The number of benzene rings is 1. The number of nitrogens with one attached hydrogen (secondary N) is 2. The molecule has 2 atom stereocenters. The van der Waals surface area contributed by atoms with E-state index in [1.165, 1.54) is 0 Å². The van der Waals surface area contributed by atoms with E-state index in [4.69, 9.17) is 4.74 Å². The average Bonchev–Trinajstić information content (AvgIpc) is 3.17. The maximum Gasteiger partial charge on any atom is 0.255 e. The summed E-state index contributed by atoms with van der Waals surface area (Å²) in [6.07, 6.45) is 5.09. The molecule has 2 heterocycles. The third-order valence-electron chi connectivity index (χ3n) is 5.23. The number of carbonyl (C=O) groups is 2. The third-order valence-corrected chi connectivity index (χ3v) is 5.23. The molecule has 1 saturated carbocycles. The number of hydrogen-bond acceptors (Lipinski definition) is 4. The molecular formula is C20H21N3O3. The van der Waals surface area contributed by atoms with E-state index in [2.05, 4.69) is 15.6 Å². The fraction of sp³-hybridized carbons (Fsp3) is 0.350. The van der Waals surface area contributed by atoms with Crippen molar-refractivity contribution in [2.24, 2.45) is 11.3 Å². The van der Waals surface area contributed by atoms with Crippen LogP contribution in [0.5, 0.6) is 0 Å². The van der Waals surface area contributed by atoms with Crippen LogP contribution in [-0.4, -0.2) is 30.0 Å². The van der Waals surface area contributed by atoms with Gasteiger partial charge in [-0.25, -0.2) is 0 Å². The Bertz CT molecular complexity index is 816. The van der Waals surface area contributed by atoms with Crippen LogP contribution in [0.3, 0.4) is 0 Å². The minimum Gasteiger partial charge on any atom is -0.381 e. The molecule has 6 heteroatoms. The molecule has 1 aliphatic heterocycles. The molecule has 1 saturated heterocycles. The van der Waals surface area contributed by atoms with Crippen LogP contribution in [0.1, 0.15) is 28.8 Å². The number of amides is 2. The van der Waals surface area contributed by atoms with Crippen LogP contribution in [0.15, 0.2) is 48.8 Å². The van der Waals surface area contributed by atoms with E-state index in [1.807, 2.05) is 24.3 Å². The standard InChI is InChI=1S/C20H21N3O3/c24-18(15-4-7-21-8-5-15)23-16-3-1-2-14(10-16)12-22-19(25)17-11-20(17)6-9-26-13-20/h1-5,7-8,10,17H,6,9,11-13H2,(H,22,25)(H,23,24). The molecule has 134 valence electrons. The monoisotopic (exact) mass is 351 g/mol. The summed E-state index contributed by atoms with van der Waals surface area (Å²) in [7, 11) is 0. The van der Waals surface area contributed by atoms with Crippen molar-refractivity contribution in [2.45, 2.75) is 19.4 Å². The fourth-order valence-electron chi connectivity index (χ4n) is 3.56. The molecule has 0 bridgehead atoms. The highest BCUT2D eigenvalue weighted by molar-refractivity contribution is 6.04. The van der Waals surface area contributed by atoms with Gasteiger partial charge in [-0.2, -0.15) is 0 Å². The smallest absolute Gasteiger partial charge is 0.255 e. The SMILES string of the molecule is O=C(Nc1cccc(CNC(=O)C2CC23CCOC3)c1)c1ccncc1. The molecule has 1 spiro atoms. The van der Waals surface area contributed by atoms with E-state index in [0.717, 1.165) is 25.0 Å². The second-order valence-electron chi connectivity index (χ2n) is 7.03. The summed E-state index contributed by atoms with van der Waals surface area (Å²) in [5.41, 5.74) is 2.30. The summed E-state index contributed by atoms with van der Waals surface area (Å²) in [5.74, 6) is -0.00367. The maximum absolute atomic E-state index is 12.3. The van der Waals surface area contributed by atoms with Crippen molar-refractivity contribution in [1.29, 1.82) is 0 Å². The first kappa shape index (κ1) is 16.7. The highest BCUT2D eigenvalue weighted by Crippen LogP contribution is 2.57. The van der Waals surface area contributed by atoms with Crippen molar-refractivity contribution < 1.29 is 14.3 Å². The number of nitrogens with zero attached hydrogens (tertiary/aromatic N) is 1. The Morgan fingerprint density at radius 2 is 2.08 bits per heavy atom. The number of rotatable bonds is 5. The Balaban J connectivity index is 1.33. The minimum absolute atomic E-state index is 0.0829. The van der Waals surface area contributed by atoms with E-state index >= 15 is 0 Å². The van der Waals surface area contributed by atoms with Gasteiger partial charge in [-0.15, -0.1) is 0 Å². The summed E-state index contributed by atoms with van der Waals surface area (Å²) in [6, 6.07) is 10.8. The molecular weight excluding hydrogens is 330 g/mol. The molecule has 2 unspecified atom stereocenters. The van der Waals surface area contributed by atoms with Gasteiger partial charge in [0, 0.05) is 48.1 Å². The van der Waals surface area contributed by atoms with Gasteiger partial charge in [-0.1, -0.05) is 12.1 Å². The van der Waals surface area contributed by atoms with Crippen molar-refractivity contribution >= 4 is 17.5 Å². The van der Waals surface area contributed by atoms with E-state index in [1.54, 1.807) is 24.5 Å². The molecule has 2 fully saturated rings. The van der Waals surface area contributed by atoms with Crippen LogP contribution in [0.25, 0.3) is 0 Å². The largest absolute Gasteiger partial charge is 0.381 e. The summed E-state index contributed by atoms with van der Waals surface area (Å²) < 4.78 is 5.43. The first-order valence-corrected chi connectivity index (χ1v) is 8.82. The Morgan fingerprint density at radius 1 is 1.23 bits per heavy atom. The zero-order valence-corrected chi connectivity index (χ0v) is 14.4. The fourth-order valence-corrected chi connectivity index (χ4v) is 3.56. The van der Waals surface area contributed by atoms with Gasteiger partial charge in [0.2, 0.25) is 5.91 Å². The van der Waals surface area contributed by atoms with E-state index in [-0.39, 0.29) is 23.1 Å². The van der Waals surface area contributed by atoms with Crippen LogP contribution in [0.2, 0.25) is 0 Å². The summed E-state index contributed by atoms with van der Waals surface area (Å²) in [5, 5.41) is 5.87. The lowest BCUT2D eigenvalue weighted by Gasteiger charge is -2.10. The summed E-state index contributed by atoms with van der Waals surface area (Å²) in [6.45, 7) is 1.93. The van der Waals surface area contributed by atoms with Crippen LogP contribution >= 0.6 is 0 Å². The molecule has 0 radical (unpaired) electrons. The number of anilines is 1. The van der Waals surface area contributed by atoms with E-state index in [0.29, 0.717) is 24.4 Å². The Morgan fingerprint density at radius 3 is 2.85 bits per heavy atom. The molecule has 26 heavy (non-hydrogen) atoms. The molecule has 1 aromatic carbocycles. The lowest BCUT2D eigenvalue weighted by Crippen LogP contribution is -2.27. The molecule has 4 rings (SSSR count). The first-order valence-electron chi connectivity index (χ1n) is 8.82. The van der Waals surface area contributed by atoms with Crippen molar-refractivity contribution in [3.05, 3.63) is 59.9 Å². The predicted octanol–water partition coefficient (Wildman–Crippen LogP) is 2.38. The number of ether oxygens (including phenoxy) is 1. The molecule has 1 aromatic heterocycles. The van der Waals surface area contributed by atoms with Crippen LogP contribution in [-0.2, 0) is 16.1 Å². The van der Waals surface area contributed by atoms with Crippen molar-refractivity contribution in [2.75, 3.05) is 18.5 Å². The number of aromatic nitrogens is 1. The van der Waals surface area contributed by atoms with E-state index in [9.17, 15) is 9.59 Å². The van der Waals surface area contributed by atoms with Gasteiger partial charge in [0.1, 0.15) is 0 Å². The minimum atomic E-state index is -0.185. The summed E-state index contributed by atoms with van der Waals surface area (Å²) >= 11 is 0. The lowest BCUT2D eigenvalue weighted by atomic mass is 10.0. The maximum atomic E-state index is 12.3. The molecule has 2 aromatic rings. The van der Waals surface area contributed by atoms with Crippen molar-refractivity contribution in [3.8, 4) is 0 Å². The second-order valence-corrected chi connectivity index (χ2v) is 7.03. The Labute approximate surface area is 152 Å². The predicted molar refractivity (Wildman–Crippen MR) is 96.5 cm³/mol. The quantitative estimate of drug-likeness (QED) is 0.867. The number of pyridine rings is 1. The zero-order valence-electron chi connectivity index (χ0n) is 14.4.